The van der Waals surface area contributed by atoms with E-state index < -0.39 is 0 Å². The molecular weight excluding hydrogens is 268 g/mol. The van der Waals surface area contributed by atoms with E-state index >= 15 is 0 Å². The Morgan fingerprint density at radius 3 is 2.86 bits per heavy atom. The smallest absolute Gasteiger partial charge is 0.244 e. The van der Waals surface area contributed by atoms with E-state index in [1.807, 2.05) is 31.2 Å². The normalized spacial score (nSPS) is 14.8. The molecule has 3 rings (SSSR count). The van der Waals surface area contributed by atoms with Gasteiger partial charge in [-0.15, -0.1) is 0 Å². The molecule has 1 aliphatic heterocycles. The number of hydrogen-bond acceptors (Lipinski definition) is 4. The highest BCUT2D eigenvalue weighted by Gasteiger charge is 2.32. The molecule has 1 fully saturated rings. The minimum Gasteiger partial charge on any atom is -0.486 e. The molecule has 0 unspecified atom stereocenters. The SMILES string of the molecule is Cc1ccccc1OC1CN(C(=O)Cn2cc(N)cn2)C1. The highest BCUT2D eigenvalue weighted by Crippen LogP contribution is 2.21. The number of anilines is 1. The minimum absolute atomic E-state index is 0.0303. The van der Waals surface area contributed by atoms with Crippen LogP contribution in [0, 0.1) is 6.92 Å². The third-order valence-electron chi connectivity index (χ3n) is 3.54. The number of carbonyl (C=O) groups is 1. The largest absolute Gasteiger partial charge is 0.486 e. The Bertz CT molecular complexity index is 647. The maximum Gasteiger partial charge on any atom is 0.244 e. The van der Waals surface area contributed by atoms with E-state index in [9.17, 15) is 4.79 Å². The number of nitrogen functional groups attached to an aromatic ring is 1. The zero-order valence-electron chi connectivity index (χ0n) is 11.9. The number of nitrogens with zero attached hydrogens (tertiary/aromatic N) is 3. The summed E-state index contributed by atoms with van der Waals surface area (Å²) in [4.78, 5) is 13.8. The Morgan fingerprint density at radius 2 is 2.19 bits per heavy atom. The molecule has 6 heteroatoms. The molecule has 1 saturated heterocycles. The second-order valence-electron chi connectivity index (χ2n) is 5.28. The van der Waals surface area contributed by atoms with Crippen molar-refractivity contribution in [3.8, 4) is 5.75 Å². The van der Waals surface area contributed by atoms with Gasteiger partial charge in [0.05, 0.1) is 25.0 Å². The van der Waals surface area contributed by atoms with Gasteiger partial charge in [-0.05, 0) is 18.6 Å². The van der Waals surface area contributed by atoms with Crippen LogP contribution in [-0.2, 0) is 11.3 Å². The quantitative estimate of drug-likeness (QED) is 0.912. The topological polar surface area (TPSA) is 73.4 Å². The fourth-order valence-electron chi connectivity index (χ4n) is 2.29. The van der Waals surface area contributed by atoms with E-state index in [1.54, 1.807) is 15.8 Å². The van der Waals surface area contributed by atoms with Gasteiger partial charge in [0.1, 0.15) is 18.4 Å². The Labute approximate surface area is 123 Å². The molecule has 110 valence electrons. The van der Waals surface area contributed by atoms with E-state index in [0.717, 1.165) is 11.3 Å². The number of aryl methyl sites for hydroxylation is 1. The molecule has 2 heterocycles. The van der Waals surface area contributed by atoms with Gasteiger partial charge >= 0.3 is 0 Å². The summed E-state index contributed by atoms with van der Waals surface area (Å²) in [5.41, 5.74) is 7.24. The summed E-state index contributed by atoms with van der Waals surface area (Å²) in [6.45, 7) is 3.46. The standard InChI is InChI=1S/C15H18N4O2/c1-11-4-2-3-5-14(11)21-13-8-18(9-13)15(20)10-19-7-12(16)6-17-19/h2-7,13H,8-10,16H2,1H3. The highest BCUT2D eigenvalue weighted by molar-refractivity contribution is 5.77. The van der Waals surface area contributed by atoms with E-state index in [-0.39, 0.29) is 18.6 Å². The molecule has 2 aromatic rings. The van der Waals surface area contributed by atoms with Crippen molar-refractivity contribution < 1.29 is 9.53 Å². The van der Waals surface area contributed by atoms with E-state index in [2.05, 4.69) is 5.10 Å². The van der Waals surface area contributed by atoms with E-state index in [4.69, 9.17) is 10.5 Å². The van der Waals surface area contributed by atoms with Crippen LogP contribution in [0.1, 0.15) is 5.56 Å². The van der Waals surface area contributed by atoms with Crippen LogP contribution in [0.25, 0.3) is 0 Å². The lowest BCUT2D eigenvalue weighted by atomic mass is 10.1. The summed E-state index contributed by atoms with van der Waals surface area (Å²) >= 11 is 0. The molecule has 21 heavy (non-hydrogen) atoms. The van der Waals surface area contributed by atoms with Gasteiger partial charge in [0.15, 0.2) is 0 Å². The number of ether oxygens (including phenoxy) is 1. The number of benzene rings is 1. The number of hydrogen-bond donors (Lipinski definition) is 1. The first kappa shape index (κ1) is 13.5. The Hall–Kier alpha value is -2.50. The van der Waals surface area contributed by atoms with Crippen LogP contribution in [-0.4, -0.2) is 39.8 Å². The molecule has 1 aromatic heterocycles. The molecule has 0 atom stereocenters. The molecule has 0 saturated carbocycles. The monoisotopic (exact) mass is 286 g/mol. The summed E-state index contributed by atoms with van der Waals surface area (Å²) < 4.78 is 7.43. The van der Waals surface area contributed by atoms with Gasteiger partial charge in [-0.25, -0.2) is 0 Å². The number of amides is 1. The summed E-state index contributed by atoms with van der Waals surface area (Å²) in [5.74, 6) is 0.914. The number of para-hydroxylation sites is 1. The summed E-state index contributed by atoms with van der Waals surface area (Å²) in [5, 5.41) is 4.01. The average molecular weight is 286 g/mol. The predicted molar refractivity (Wildman–Crippen MR) is 78.8 cm³/mol. The molecule has 0 radical (unpaired) electrons. The van der Waals surface area contributed by atoms with Crippen LogP contribution >= 0.6 is 0 Å². The fraction of sp³-hybridized carbons (Fsp3) is 0.333. The van der Waals surface area contributed by atoms with Crippen LogP contribution in [0.2, 0.25) is 0 Å². The first-order chi connectivity index (χ1) is 10.1. The van der Waals surface area contributed by atoms with Gasteiger partial charge in [-0.2, -0.15) is 5.10 Å². The second kappa shape index (κ2) is 5.47. The Kier molecular flexibility index (Phi) is 3.51. The molecule has 2 N–H and O–H groups in total. The molecular formula is C15H18N4O2. The molecule has 0 bridgehead atoms. The number of likely N-dealkylation sites (tertiary alicyclic amines) is 1. The lowest BCUT2D eigenvalue weighted by Gasteiger charge is -2.39. The lowest BCUT2D eigenvalue weighted by Crippen LogP contribution is -2.57. The van der Waals surface area contributed by atoms with Gasteiger partial charge in [-0.1, -0.05) is 18.2 Å². The van der Waals surface area contributed by atoms with Crippen molar-refractivity contribution in [1.82, 2.24) is 14.7 Å². The Morgan fingerprint density at radius 1 is 1.43 bits per heavy atom. The van der Waals surface area contributed by atoms with Gasteiger partial charge in [0, 0.05) is 6.20 Å². The first-order valence-corrected chi connectivity index (χ1v) is 6.90. The number of aromatic nitrogens is 2. The molecule has 1 amide bonds. The first-order valence-electron chi connectivity index (χ1n) is 6.90. The number of rotatable bonds is 4. The zero-order chi connectivity index (χ0) is 14.8. The van der Waals surface area contributed by atoms with Gasteiger partial charge < -0.3 is 15.4 Å². The summed E-state index contributed by atoms with van der Waals surface area (Å²) in [6, 6.07) is 7.89. The van der Waals surface area contributed by atoms with E-state index in [0.29, 0.717) is 18.8 Å². The highest BCUT2D eigenvalue weighted by atomic mass is 16.5. The van der Waals surface area contributed by atoms with Crippen molar-refractivity contribution in [3.05, 3.63) is 42.2 Å². The molecule has 6 nitrogen and oxygen atoms in total. The fourth-order valence-corrected chi connectivity index (χ4v) is 2.29. The van der Waals surface area contributed by atoms with Crippen molar-refractivity contribution in [3.63, 3.8) is 0 Å². The maximum atomic E-state index is 12.0. The van der Waals surface area contributed by atoms with Crippen LogP contribution in [0.4, 0.5) is 5.69 Å². The number of nitrogens with two attached hydrogens (primary N) is 1. The predicted octanol–water partition coefficient (Wildman–Crippen LogP) is 1.06. The maximum absolute atomic E-state index is 12.0. The average Bonchev–Trinajstić information content (AvgIpc) is 2.80. The van der Waals surface area contributed by atoms with Crippen LogP contribution in [0.3, 0.4) is 0 Å². The van der Waals surface area contributed by atoms with Crippen LogP contribution in [0.15, 0.2) is 36.7 Å². The van der Waals surface area contributed by atoms with Gasteiger partial charge in [-0.3, -0.25) is 9.48 Å². The Balaban J connectivity index is 1.49. The summed E-state index contributed by atoms with van der Waals surface area (Å²) in [6.07, 6.45) is 3.25. The van der Waals surface area contributed by atoms with Crippen molar-refractivity contribution in [2.45, 2.75) is 19.6 Å². The van der Waals surface area contributed by atoms with Crippen molar-refractivity contribution in [2.75, 3.05) is 18.8 Å². The van der Waals surface area contributed by atoms with Gasteiger partial charge in [0.2, 0.25) is 5.91 Å². The lowest BCUT2D eigenvalue weighted by molar-refractivity contribution is -0.140. The molecule has 1 aromatic carbocycles. The third-order valence-corrected chi connectivity index (χ3v) is 3.54. The third kappa shape index (κ3) is 2.99. The van der Waals surface area contributed by atoms with Crippen LogP contribution < -0.4 is 10.5 Å². The van der Waals surface area contributed by atoms with Crippen molar-refractivity contribution in [1.29, 1.82) is 0 Å². The molecule has 0 aliphatic carbocycles. The zero-order valence-corrected chi connectivity index (χ0v) is 11.9. The van der Waals surface area contributed by atoms with Crippen molar-refractivity contribution >= 4 is 11.6 Å². The van der Waals surface area contributed by atoms with Gasteiger partial charge in [0.25, 0.3) is 0 Å². The minimum atomic E-state index is 0.0303. The van der Waals surface area contributed by atoms with E-state index in [1.165, 1.54) is 6.20 Å². The van der Waals surface area contributed by atoms with Crippen molar-refractivity contribution in [2.24, 2.45) is 0 Å². The molecule has 0 spiro atoms. The number of carbonyl (C=O) groups excluding carboxylic acids is 1. The second-order valence-corrected chi connectivity index (χ2v) is 5.28. The molecule has 1 aliphatic rings. The summed E-state index contributed by atoms with van der Waals surface area (Å²) in [7, 11) is 0. The van der Waals surface area contributed by atoms with Crippen LogP contribution in [0.5, 0.6) is 5.75 Å².